The lowest BCUT2D eigenvalue weighted by Crippen LogP contribution is -2.10. The molecule has 0 spiro atoms. The smallest absolute Gasteiger partial charge is 0.123 e. The largest absolute Gasteiger partial charge is 0.324 e. The first-order chi connectivity index (χ1) is 5.74. The van der Waals surface area contributed by atoms with Crippen molar-refractivity contribution in [3.63, 3.8) is 0 Å². The fraction of sp³-hybridized carbons (Fsp3) is 0.333. The molecular weight excluding hydrogens is 160 g/mol. The number of nitrogens with two attached hydrogens (primary N) is 1. The van der Waals surface area contributed by atoms with Gasteiger partial charge in [0.15, 0.2) is 0 Å². The van der Waals surface area contributed by atoms with E-state index in [-0.39, 0.29) is 18.3 Å². The molecule has 0 amide bonds. The van der Waals surface area contributed by atoms with Gasteiger partial charge in [0.2, 0.25) is 0 Å². The van der Waals surface area contributed by atoms with Gasteiger partial charge >= 0.3 is 0 Å². The molecule has 1 rings (SSSR count). The Labute approximate surface area is 70.2 Å². The van der Waals surface area contributed by atoms with Gasteiger partial charge in [-0.15, -0.1) is 0 Å². The topological polar surface area (TPSA) is 26.0 Å². The summed E-state index contributed by atoms with van der Waals surface area (Å²) < 4.78 is 24.3. The van der Waals surface area contributed by atoms with Crippen LogP contribution < -0.4 is 5.73 Å². The van der Waals surface area contributed by atoms with Crippen molar-refractivity contribution in [1.82, 2.24) is 0 Å². The SMILES string of the molecule is N[C@@H](CCF)c1ccc(F)cc1. The maximum atomic E-state index is 12.4. The number of rotatable bonds is 3. The Morgan fingerprint density at radius 1 is 1.25 bits per heavy atom. The minimum absolute atomic E-state index is 0.283. The Hall–Kier alpha value is -0.960. The van der Waals surface area contributed by atoms with Gasteiger partial charge in [-0.2, -0.15) is 0 Å². The van der Waals surface area contributed by atoms with Crippen molar-refractivity contribution < 1.29 is 8.78 Å². The molecule has 0 aliphatic rings. The van der Waals surface area contributed by atoms with E-state index < -0.39 is 6.67 Å². The number of hydrogen-bond acceptors (Lipinski definition) is 1. The number of alkyl halides is 1. The highest BCUT2D eigenvalue weighted by molar-refractivity contribution is 5.19. The molecule has 12 heavy (non-hydrogen) atoms. The summed E-state index contributed by atoms with van der Waals surface area (Å²) in [6.07, 6.45) is 0.283. The van der Waals surface area contributed by atoms with Gasteiger partial charge in [0.1, 0.15) is 5.82 Å². The lowest BCUT2D eigenvalue weighted by atomic mass is 10.1. The van der Waals surface area contributed by atoms with Gasteiger partial charge in [0.25, 0.3) is 0 Å². The van der Waals surface area contributed by atoms with Crippen LogP contribution in [0.5, 0.6) is 0 Å². The van der Waals surface area contributed by atoms with E-state index in [0.717, 1.165) is 5.56 Å². The second-order valence-corrected chi connectivity index (χ2v) is 2.64. The molecule has 0 aromatic heterocycles. The molecule has 0 fully saturated rings. The van der Waals surface area contributed by atoms with Crippen molar-refractivity contribution in [2.24, 2.45) is 5.73 Å². The minimum atomic E-state index is -0.446. The fourth-order valence-electron chi connectivity index (χ4n) is 0.994. The van der Waals surface area contributed by atoms with Crippen LogP contribution in [-0.4, -0.2) is 6.67 Å². The molecule has 0 saturated carbocycles. The summed E-state index contributed by atoms with van der Waals surface area (Å²) in [5, 5.41) is 0. The minimum Gasteiger partial charge on any atom is -0.324 e. The standard InChI is InChI=1S/C9H11F2N/c10-6-5-9(12)7-1-3-8(11)4-2-7/h1-4,9H,5-6,12H2/t9-/m0/s1. The summed E-state index contributed by atoms with van der Waals surface area (Å²) in [5.74, 6) is -0.300. The van der Waals surface area contributed by atoms with Crippen LogP contribution in [0.25, 0.3) is 0 Å². The van der Waals surface area contributed by atoms with Gasteiger partial charge < -0.3 is 5.73 Å². The van der Waals surface area contributed by atoms with E-state index in [0.29, 0.717) is 0 Å². The molecule has 0 aliphatic carbocycles. The van der Waals surface area contributed by atoms with Crippen molar-refractivity contribution >= 4 is 0 Å². The number of benzene rings is 1. The zero-order chi connectivity index (χ0) is 8.97. The van der Waals surface area contributed by atoms with E-state index in [9.17, 15) is 8.78 Å². The molecule has 1 nitrogen and oxygen atoms in total. The molecule has 0 heterocycles. The highest BCUT2D eigenvalue weighted by Crippen LogP contribution is 2.14. The first-order valence-electron chi connectivity index (χ1n) is 3.81. The highest BCUT2D eigenvalue weighted by Gasteiger charge is 2.04. The predicted octanol–water partition coefficient (Wildman–Crippen LogP) is 2.19. The van der Waals surface area contributed by atoms with E-state index in [4.69, 9.17) is 5.73 Å². The summed E-state index contributed by atoms with van der Waals surface area (Å²) in [6, 6.07) is 5.49. The van der Waals surface area contributed by atoms with Crippen LogP contribution in [0, 0.1) is 5.82 Å². The average molecular weight is 171 g/mol. The third-order valence-corrected chi connectivity index (χ3v) is 1.72. The maximum Gasteiger partial charge on any atom is 0.123 e. The van der Waals surface area contributed by atoms with Crippen LogP contribution in [0.15, 0.2) is 24.3 Å². The Kier molecular flexibility index (Phi) is 3.17. The third kappa shape index (κ3) is 2.27. The van der Waals surface area contributed by atoms with Crippen molar-refractivity contribution in [3.05, 3.63) is 35.6 Å². The number of hydrogen-bond donors (Lipinski definition) is 1. The molecule has 0 saturated heterocycles. The van der Waals surface area contributed by atoms with E-state index >= 15 is 0 Å². The predicted molar refractivity (Wildman–Crippen MR) is 43.9 cm³/mol. The van der Waals surface area contributed by atoms with Gasteiger partial charge in [0, 0.05) is 6.04 Å². The number of halogens is 2. The second-order valence-electron chi connectivity index (χ2n) is 2.64. The summed E-state index contributed by atoms with van der Waals surface area (Å²) in [6.45, 7) is -0.446. The van der Waals surface area contributed by atoms with Crippen LogP contribution in [0.4, 0.5) is 8.78 Å². The first-order valence-corrected chi connectivity index (χ1v) is 3.81. The molecule has 0 unspecified atom stereocenters. The maximum absolute atomic E-state index is 12.4. The normalized spacial score (nSPS) is 12.9. The van der Waals surface area contributed by atoms with Crippen LogP contribution in [-0.2, 0) is 0 Å². The summed E-state index contributed by atoms with van der Waals surface area (Å²) >= 11 is 0. The van der Waals surface area contributed by atoms with Gasteiger partial charge in [-0.05, 0) is 24.1 Å². The molecule has 2 N–H and O–H groups in total. The van der Waals surface area contributed by atoms with Crippen molar-refractivity contribution in [2.45, 2.75) is 12.5 Å². The quantitative estimate of drug-likeness (QED) is 0.741. The van der Waals surface area contributed by atoms with Crippen LogP contribution in [0.2, 0.25) is 0 Å². The molecule has 1 atom stereocenters. The molecule has 66 valence electrons. The molecule has 3 heteroatoms. The highest BCUT2D eigenvalue weighted by atomic mass is 19.1. The van der Waals surface area contributed by atoms with E-state index in [2.05, 4.69) is 0 Å². The lowest BCUT2D eigenvalue weighted by molar-refractivity contribution is 0.441. The van der Waals surface area contributed by atoms with Crippen molar-refractivity contribution in [3.8, 4) is 0 Å². The van der Waals surface area contributed by atoms with Crippen molar-refractivity contribution in [2.75, 3.05) is 6.67 Å². The molecule has 0 aliphatic heterocycles. The molecule has 0 radical (unpaired) electrons. The Morgan fingerprint density at radius 2 is 1.83 bits per heavy atom. The Bertz CT molecular complexity index is 233. The Morgan fingerprint density at radius 3 is 2.33 bits per heavy atom. The van der Waals surface area contributed by atoms with Gasteiger partial charge in [-0.1, -0.05) is 12.1 Å². The summed E-state index contributed by atoms with van der Waals surface area (Å²) in [7, 11) is 0. The molecule has 1 aromatic rings. The molecule has 0 bridgehead atoms. The van der Waals surface area contributed by atoms with E-state index in [1.165, 1.54) is 12.1 Å². The first kappa shape index (κ1) is 9.13. The average Bonchev–Trinajstić information content (AvgIpc) is 2.06. The molecule has 1 aromatic carbocycles. The second kappa shape index (κ2) is 4.16. The van der Waals surface area contributed by atoms with Crippen LogP contribution >= 0.6 is 0 Å². The zero-order valence-electron chi connectivity index (χ0n) is 6.63. The van der Waals surface area contributed by atoms with Crippen LogP contribution in [0.1, 0.15) is 18.0 Å². The molecular formula is C9H11F2N. The lowest BCUT2D eigenvalue weighted by Gasteiger charge is -2.08. The van der Waals surface area contributed by atoms with Gasteiger partial charge in [-0.25, -0.2) is 4.39 Å². The van der Waals surface area contributed by atoms with Gasteiger partial charge in [-0.3, -0.25) is 4.39 Å². The van der Waals surface area contributed by atoms with E-state index in [1.54, 1.807) is 12.1 Å². The summed E-state index contributed by atoms with van der Waals surface area (Å²) in [4.78, 5) is 0. The Balaban J connectivity index is 2.68. The van der Waals surface area contributed by atoms with Crippen molar-refractivity contribution in [1.29, 1.82) is 0 Å². The van der Waals surface area contributed by atoms with Gasteiger partial charge in [0.05, 0.1) is 6.67 Å². The van der Waals surface area contributed by atoms with E-state index in [1.807, 2.05) is 0 Å². The fourth-order valence-corrected chi connectivity index (χ4v) is 0.994. The zero-order valence-corrected chi connectivity index (χ0v) is 6.63. The monoisotopic (exact) mass is 171 g/mol. The third-order valence-electron chi connectivity index (χ3n) is 1.72. The summed E-state index contributed by atoms with van der Waals surface area (Å²) in [5.41, 5.74) is 6.37. The van der Waals surface area contributed by atoms with Crippen LogP contribution in [0.3, 0.4) is 0 Å².